The molecule has 1 atom stereocenters. The van der Waals surface area contributed by atoms with Crippen LogP contribution in [-0.2, 0) is 24.7 Å². The highest BCUT2D eigenvalue weighted by atomic mass is 16.2. The van der Waals surface area contributed by atoms with Crippen molar-refractivity contribution >= 4 is 11.9 Å². The van der Waals surface area contributed by atoms with Gasteiger partial charge in [-0.15, -0.1) is 5.10 Å². The zero-order valence-corrected chi connectivity index (χ0v) is 11.0. The number of carbonyl (C=O) groups is 1. The third kappa shape index (κ3) is 2.35. The summed E-state index contributed by atoms with van der Waals surface area (Å²) in [4.78, 5) is 23.8. The average Bonchev–Trinajstić information content (AvgIpc) is 2.93. The van der Waals surface area contributed by atoms with Gasteiger partial charge in [0.25, 0.3) is 0 Å². The van der Waals surface area contributed by atoms with Gasteiger partial charge >= 0.3 is 0 Å². The zero-order valence-electron chi connectivity index (χ0n) is 11.0. The van der Waals surface area contributed by atoms with Crippen LogP contribution in [0.3, 0.4) is 0 Å². The normalized spacial score (nSPS) is 18.1. The quantitative estimate of drug-likeness (QED) is 0.827. The van der Waals surface area contributed by atoms with E-state index >= 15 is 0 Å². The van der Waals surface area contributed by atoms with Gasteiger partial charge in [-0.05, 0) is 19.8 Å². The van der Waals surface area contributed by atoms with Crippen LogP contribution in [0.15, 0.2) is 6.33 Å². The molecule has 1 amide bonds. The Morgan fingerprint density at radius 3 is 3.16 bits per heavy atom. The van der Waals surface area contributed by atoms with E-state index in [9.17, 15) is 4.79 Å². The minimum absolute atomic E-state index is 0.0240. The van der Waals surface area contributed by atoms with Crippen LogP contribution in [0.1, 0.15) is 23.6 Å². The first-order chi connectivity index (χ1) is 9.11. The van der Waals surface area contributed by atoms with Crippen molar-refractivity contribution in [3.05, 3.63) is 23.5 Å². The number of imidazole rings is 1. The second-order valence-corrected chi connectivity index (χ2v) is 4.92. The Labute approximate surface area is 110 Å². The Morgan fingerprint density at radius 1 is 1.58 bits per heavy atom. The molecular weight excluding hydrogens is 244 g/mol. The minimum atomic E-state index is -0.0452. The van der Waals surface area contributed by atoms with E-state index in [1.165, 1.54) is 0 Å². The molecule has 7 heteroatoms. The van der Waals surface area contributed by atoms with Gasteiger partial charge in [-0.1, -0.05) is 0 Å². The van der Waals surface area contributed by atoms with E-state index in [1.54, 1.807) is 18.1 Å². The van der Waals surface area contributed by atoms with E-state index in [1.807, 2.05) is 6.92 Å². The predicted octanol–water partition coefficient (Wildman–Crippen LogP) is 0.590. The maximum Gasteiger partial charge on any atom is 0.248 e. The molecule has 100 valence electrons. The van der Waals surface area contributed by atoms with Crippen molar-refractivity contribution in [3.8, 4) is 0 Å². The average molecular weight is 260 g/mol. The summed E-state index contributed by atoms with van der Waals surface area (Å²) in [5.41, 5.74) is 2.18. The maximum absolute atomic E-state index is 12.2. The third-order valence-corrected chi connectivity index (χ3v) is 3.37. The van der Waals surface area contributed by atoms with Gasteiger partial charge in [0, 0.05) is 25.1 Å². The summed E-state index contributed by atoms with van der Waals surface area (Å²) in [6.45, 7) is 1.94. The van der Waals surface area contributed by atoms with Crippen molar-refractivity contribution in [1.82, 2.24) is 24.7 Å². The van der Waals surface area contributed by atoms with Crippen molar-refractivity contribution in [1.29, 1.82) is 0 Å². The molecule has 0 fully saturated rings. The summed E-state index contributed by atoms with van der Waals surface area (Å²) >= 11 is 0. The number of aromatic nitrogens is 5. The van der Waals surface area contributed by atoms with Gasteiger partial charge in [-0.3, -0.25) is 14.8 Å². The summed E-state index contributed by atoms with van der Waals surface area (Å²) < 4.78 is 1.56. The molecule has 0 aromatic carbocycles. The van der Waals surface area contributed by atoms with Crippen LogP contribution >= 0.6 is 0 Å². The first-order valence-corrected chi connectivity index (χ1v) is 6.32. The number of nitrogens with one attached hydrogen (secondary N) is 2. The Hall–Kier alpha value is -2.18. The summed E-state index contributed by atoms with van der Waals surface area (Å²) in [6.07, 6.45) is 3.92. The molecule has 1 unspecified atom stereocenters. The number of H-pyrrole nitrogens is 1. The number of rotatable bonds is 2. The minimum Gasteiger partial charge on any atom is -0.346 e. The highest BCUT2D eigenvalue weighted by molar-refractivity contribution is 5.91. The highest BCUT2D eigenvalue weighted by Gasteiger charge is 2.27. The van der Waals surface area contributed by atoms with Gasteiger partial charge in [0.15, 0.2) is 0 Å². The van der Waals surface area contributed by atoms with Crippen molar-refractivity contribution < 1.29 is 4.79 Å². The van der Waals surface area contributed by atoms with Crippen LogP contribution < -0.4 is 5.32 Å². The standard InChI is InChI=1S/C12H16N6O/c1-7-14-9-4-3-8(5-10(9)15-7)11(19)16-12-13-6-18(2)17-12/h6,8H,3-5H2,1-2H3,(H,14,15)(H,16,17,19). The van der Waals surface area contributed by atoms with Gasteiger partial charge in [-0.25, -0.2) is 9.97 Å². The molecule has 2 aromatic heterocycles. The fourth-order valence-electron chi connectivity index (χ4n) is 2.46. The maximum atomic E-state index is 12.2. The van der Waals surface area contributed by atoms with Crippen molar-refractivity contribution in [2.75, 3.05) is 5.32 Å². The Balaban J connectivity index is 1.69. The fraction of sp³-hybridized carbons (Fsp3) is 0.500. The first-order valence-electron chi connectivity index (χ1n) is 6.32. The Bertz CT molecular complexity index is 614. The number of hydrogen-bond acceptors (Lipinski definition) is 4. The largest absolute Gasteiger partial charge is 0.346 e. The molecule has 0 radical (unpaired) electrons. The van der Waals surface area contributed by atoms with Crippen molar-refractivity contribution in [2.24, 2.45) is 13.0 Å². The molecule has 0 saturated heterocycles. The molecule has 19 heavy (non-hydrogen) atoms. The van der Waals surface area contributed by atoms with Crippen LogP contribution in [0.25, 0.3) is 0 Å². The number of carbonyl (C=O) groups excluding carboxylic acids is 1. The topological polar surface area (TPSA) is 88.5 Å². The van der Waals surface area contributed by atoms with E-state index in [2.05, 4.69) is 25.4 Å². The predicted molar refractivity (Wildman–Crippen MR) is 68.5 cm³/mol. The lowest BCUT2D eigenvalue weighted by molar-refractivity contribution is -0.120. The van der Waals surface area contributed by atoms with Gasteiger partial charge in [0.1, 0.15) is 12.2 Å². The number of anilines is 1. The Kier molecular flexibility index (Phi) is 2.81. The number of aromatic amines is 1. The van der Waals surface area contributed by atoms with E-state index in [0.717, 1.165) is 30.1 Å². The van der Waals surface area contributed by atoms with E-state index in [-0.39, 0.29) is 11.8 Å². The number of nitrogens with zero attached hydrogens (tertiary/aromatic N) is 4. The molecule has 1 aliphatic carbocycles. The summed E-state index contributed by atoms with van der Waals surface area (Å²) in [5, 5.41) is 6.80. The lowest BCUT2D eigenvalue weighted by atomic mass is 9.89. The number of hydrogen-bond donors (Lipinski definition) is 2. The van der Waals surface area contributed by atoms with Gasteiger partial charge in [0.05, 0.1) is 5.69 Å². The highest BCUT2D eigenvalue weighted by Crippen LogP contribution is 2.24. The smallest absolute Gasteiger partial charge is 0.248 e. The van der Waals surface area contributed by atoms with Crippen molar-refractivity contribution in [3.63, 3.8) is 0 Å². The second kappa shape index (κ2) is 4.49. The van der Waals surface area contributed by atoms with E-state index in [4.69, 9.17) is 0 Å². The molecule has 7 nitrogen and oxygen atoms in total. The lowest BCUT2D eigenvalue weighted by Crippen LogP contribution is -2.28. The monoisotopic (exact) mass is 260 g/mol. The summed E-state index contributed by atoms with van der Waals surface area (Å²) in [5.74, 6) is 1.21. The second-order valence-electron chi connectivity index (χ2n) is 4.92. The summed E-state index contributed by atoms with van der Waals surface area (Å²) in [6, 6.07) is 0. The molecule has 0 aliphatic heterocycles. The number of amides is 1. The lowest BCUT2D eigenvalue weighted by Gasteiger charge is -2.19. The molecule has 2 heterocycles. The molecule has 2 N–H and O–H groups in total. The van der Waals surface area contributed by atoms with E-state index < -0.39 is 0 Å². The zero-order chi connectivity index (χ0) is 13.4. The third-order valence-electron chi connectivity index (χ3n) is 3.37. The Morgan fingerprint density at radius 2 is 2.42 bits per heavy atom. The van der Waals surface area contributed by atoms with Crippen LogP contribution in [0.4, 0.5) is 5.95 Å². The van der Waals surface area contributed by atoms with Crippen LogP contribution in [0.2, 0.25) is 0 Å². The van der Waals surface area contributed by atoms with Crippen LogP contribution in [0, 0.1) is 12.8 Å². The molecule has 0 spiro atoms. The fourth-order valence-corrected chi connectivity index (χ4v) is 2.46. The SMILES string of the molecule is Cc1nc2c([nH]1)CC(C(=O)Nc1ncn(C)n1)CC2. The van der Waals surface area contributed by atoms with Gasteiger partial charge < -0.3 is 4.98 Å². The first kappa shape index (κ1) is 11.9. The number of fused-ring (bicyclic) bond motifs is 1. The molecule has 0 saturated carbocycles. The van der Waals surface area contributed by atoms with Crippen LogP contribution in [0.5, 0.6) is 0 Å². The van der Waals surface area contributed by atoms with Gasteiger partial charge in [-0.2, -0.15) is 0 Å². The van der Waals surface area contributed by atoms with Crippen molar-refractivity contribution in [2.45, 2.75) is 26.2 Å². The van der Waals surface area contributed by atoms with Crippen LogP contribution in [-0.4, -0.2) is 30.6 Å². The van der Waals surface area contributed by atoms with Gasteiger partial charge in [0.2, 0.25) is 11.9 Å². The summed E-state index contributed by atoms with van der Waals surface area (Å²) in [7, 11) is 1.77. The molecule has 0 bridgehead atoms. The molecule has 3 rings (SSSR count). The number of aryl methyl sites for hydroxylation is 3. The molecule has 1 aliphatic rings. The van der Waals surface area contributed by atoms with E-state index in [0.29, 0.717) is 12.4 Å². The molecular formula is C12H16N6O. The molecule has 2 aromatic rings.